The minimum absolute atomic E-state index is 0.0368. The molecule has 10 heteroatoms. The number of para-hydroxylation sites is 1. The summed E-state index contributed by atoms with van der Waals surface area (Å²) < 4.78 is 4.83. The second kappa shape index (κ2) is 9.30. The molecule has 1 aliphatic rings. The van der Waals surface area contributed by atoms with Gasteiger partial charge in [0.15, 0.2) is 5.69 Å². The van der Waals surface area contributed by atoms with Gasteiger partial charge in [0, 0.05) is 20.1 Å². The number of carbonyl (C=O) groups is 1. The van der Waals surface area contributed by atoms with E-state index in [9.17, 15) is 9.59 Å². The Morgan fingerprint density at radius 1 is 1.00 bits per heavy atom. The number of thioether (sulfide) groups is 1. The number of likely N-dealkylation sites (tertiary alicyclic amines) is 1. The minimum atomic E-state index is -0.510. The summed E-state index contributed by atoms with van der Waals surface area (Å²) in [4.78, 5) is 28.9. The van der Waals surface area contributed by atoms with Crippen LogP contribution in [0.4, 0.5) is 0 Å². The lowest BCUT2D eigenvalue weighted by atomic mass is 10.1. The number of amides is 1. The Balaban J connectivity index is 1.56. The van der Waals surface area contributed by atoms with Crippen LogP contribution in [0.2, 0.25) is 0 Å². The number of tetrazole rings is 1. The molecular weight excluding hydrogens is 450 g/mol. The van der Waals surface area contributed by atoms with Crippen molar-refractivity contribution in [2.45, 2.75) is 30.2 Å². The zero-order valence-electron chi connectivity index (χ0n) is 19.0. The highest BCUT2D eigenvalue weighted by Crippen LogP contribution is 2.37. The van der Waals surface area contributed by atoms with Crippen molar-refractivity contribution in [1.82, 2.24) is 34.5 Å². The molecule has 0 radical (unpaired) electrons. The molecule has 2 aromatic carbocycles. The maximum absolute atomic E-state index is 13.5. The molecule has 1 amide bonds. The van der Waals surface area contributed by atoms with Crippen molar-refractivity contribution in [3.05, 3.63) is 82.3 Å². The summed E-state index contributed by atoms with van der Waals surface area (Å²) in [5, 5.41) is 12.1. The summed E-state index contributed by atoms with van der Waals surface area (Å²) in [6.07, 6.45) is 2.02. The molecule has 0 spiro atoms. The second-order valence-electron chi connectivity index (χ2n) is 8.22. The zero-order chi connectivity index (χ0) is 23.7. The fourth-order valence-electron chi connectivity index (χ4n) is 4.29. The molecule has 1 saturated heterocycles. The Kier molecular flexibility index (Phi) is 6.06. The molecule has 0 saturated carbocycles. The van der Waals surface area contributed by atoms with E-state index < -0.39 is 5.25 Å². The normalized spacial score (nSPS) is 14.5. The fraction of sp³-hybridized carbons (Fsp3) is 0.292. The molecule has 174 valence electrons. The number of nitrogens with zero attached hydrogens (tertiary/aromatic N) is 7. The number of aromatic nitrogens is 6. The summed E-state index contributed by atoms with van der Waals surface area (Å²) in [5.74, 6) is 0.0368. The van der Waals surface area contributed by atoms with Crippen LogP contribution in [0, 0.1) is 6.92 Å². The molecule has 1 aliphatic heterocycles. The highest BCUT2D eigenvalue weighted by molar-refractivity contribution is 8.00. The SMILES string of the molecule is Cc1c(-n2nnnc2S[C@@H](C(=O)N2CCCC2)c2ccccc2)c(=O)n(-c2ccccc2)n1C. The first-order valence-electron chi connectivity index (χ1n) is 11.2. The molecular formula is C24H25N7O2S. The van der Waals surface area contributed by atoms with Crippen LogP contribution in [0.5, 0.6) is 0 Å². The monoisotopic (exact) mass is 475 g/mol. The van der Waals surface area contributed by atoms with Gasteiger partial charge in [-0.15, -0.1) is 5.10 Å². The van der Waals surface area contributed by atoms with Gasteiger partial charge in [0.2, 0.25) is 11.1 Å². The van der Waals surface area contributed by atoms with Gasteiger partial charge in [-0.2, -0.15) is 4.68 Å². The number of carbonyl (C=O) groups excluding carboxylic acids is 1. The molecule has 0 N–H and O–H groups in total. The predicted octanol–water partition coefficient (Wildman–Crippen LogP) is 2.92. The van der Waals surface area contributed by atoms with E-state index >= 15 is 0 Å². The molecule has 4 aromatic rings. The molecule has 0 bridgehead atoms. The van der Waals surface area contributed by atoms with Gasteiger partial charge in [0.25, 0.3) is 5.56 Å². The highest BCUT2D eigenvalue weighted by atomic mass is 32.2. The van der Waals surface area contributed by atoms with Crippen molar-refractivity contribution in [3.63, 3.8) is 0 Å². The van der Waals surface area contributed by atoms with Crippen LogP contribution >= 0.6 is 11.8 Å². The van der Waals surface area contributed by atoms with Gasteiger partial charge in [-0.25, -0.2) is 4.68 Å². The first-order chi connectivity index (χ1) is 16.6. The Bertz CT molecular complexity index is 1360. The molecule has 0 aliphatic carbocycles. The summed E-state index contributed by atoms with van der Waals surface area (Å²) >= 11 is 1.27. The van der Waals surface area contributed by atoms with Crippen LogP contribution in [0.25, 0.3) is 11.4 Å². The molecule has 0 unspecified atom stereocenters. The maximum atomic E-state index is 13.5. The van der Waals surface area contributed by atoms with Gasteiger partial charge in [0.05, 0.1) is 11.4 Å². The van der Waals surface area contributed by atoms with Crippen molar-refractivity contribution in [2.75, 3.05) is 13.1 Å². The fourth-order valence-corrected chi connectivity index (χ4v) is 5.35. The Morgan fingerprint density at radius 2 is 1.65 bits per heavy atom. The topological polar surface area (TPSA) is 90.8 Å². The van der Waals surface area contributed by atoms with E-state index in [-0.39, 0.29) is 11.5 Å². The lowest BCUT2D eigenvalue weighted by Crippen LogP contribution is -2.31. The molecule has 2 aromatic heterocycles. The van der Waals surface area contributed by atoms with E-state index in [1.807, 2.05) is 79.5 Å². The van der Waals surface area contributed by atoms with Gasteiger partial charge in [-0.05, 0) is 47.9 Å². The van der Waals surface area contributed by atoms with Crippen LogP contribution in [-0.4, -0.2) is 53.5 Å². The van der Waals surface area contributed by atoms with Gasteiger partial charge in [-0.3, -0.25) is 14.3 Å². The second-order valence-corrected chi connectivity index (χ2v) is 9.30. The quantitative estimate of drug-likeness (QED) is 0.398. The van der Waals surface area contributed by atoms with E-state index in [1.165, 1.54) is 16.4 Å². The van der Waals surface area contributed by atoms with Crippen molar-refractivity contribution in [2.24, 2.45) is 7.05 Å². The van der Waals surface area contributed by atoms with Gasteiger partial charge >= 0.3 is 0 Å². The lowest BCUT2D eigenvalue weighted by molar-refractivity contribution is -0.129. The molecule has 9 nitrogen and oxygen atoms in total. The summed E-state index contributed by atoms with van der Waals surface area (Å²) in [6.45, 7) is 3.37. The third-order valence-corrected chi connectivity index (χ3v) is 7.32. The minimum Gasteiger partial charge on any atom is -0.341 e. The number of hydrogen-bond acceptors (Lipinski definition) is 6. The third kappa shape index (κ3) is 3.94. The lowest BCUT2D eigenvalue weighted by Gasteiger charge is -2.22. The molecule has 34 heavy (non-hydrogen) atoms. The Morgan fingerprint density at radius 3 is 2.32 bits per heavy atom. The maximum Gasteiger partial charge on any atom is 0.297 e. The van der Waals surface area contributed by atoms with Crippen molar-refractivity contribution < 1.29 is 4.79 Å². The van der Waals surface area contributed by atoms with E-state index in [2.05, 4.69) is 15.5 Å². The van der Waals surface area contributed by atoms with Crippen molar-refractivity contribution >= 4 is 17.7 Å². The number of hydrogen-bond donors (Lipinski definition) is 0. The zero-order valence-corrected chi connectivity index (χ0v) is 19.9. The van der Waals surface area contributed by atoms with Crippen LogP contribution in [0.15, 0.2) is 70.6 Å². The summed E-state index contributed by atoms with van der Waals surface area (Å²) in [6, 6.07) is 19.1. The average molecular weight is 476 g/mol. The Hall–Kier alpha value is -3.66. The highest BCUT2D eigenvalue weighted by Gasteiger charge is 2.31. The van der Waals surface area contributed by atoms with E-state index in [1.54, 1.807) is 9.36 Å². The van der Waals surface area contributed by atoms with Crippen LogP contribution < -0.4 is 5.56 Å². The largest absolute Gasteiger partial charge is 0.341 e. The van der Waals surface area contributed by atoms with Gasteiger partial charge < -0.3 is 4.90 Å². The number of rotatable bonds is 6. The summed E-state index contributed by atoms with van der Waals surface area (Å²) in [7, 11) is 1.83. The van der Waals surface area contributed by atoms with Crippen LogP contribution in [0.1, 0.15) is 29.3 Å². The summed E-state index contributed by atoms with van der Waals surface area (Å²) in [5.41, 5.74) is 2.47. The smallest absolute Gasteiger partial charge is 0.297 e. The van der Waals surface area contributed by atoms with E-state index in [0.717, 1.165) is 37.2 Å². The van der Waals surface area contributed by atoms with Crippen LogP contribution in [0.3, 0.4) is 0 Å². The predicted molar refractivity (Wildman–Crippen MR) is 129 cm³/mol. The van der Waals surface area contributed by atoms with Gasteiger partial charge in [0.1, 0.15) is 5.25 Å². The number of benzene rings is 2. The molecule has 1 fully saturated rings. The van der Waals surface area contributed by atoms with E-state index in [4.69, 9.17) is 0 Å². The Labute approximate surface area is 201 Å². The van der Waals surface area contributed by atoms with E-state index in [0.29, 0.717) is 16.5 Å². The average Bonchev–Trinajstić information content (AvgIpc) is 3.60. The third-order valence-electron chi connectivity index (χ3n) is 6.14. The van der Waals surface area contributed by atoms with Crippen LogP contribution in [-0.2, 0) is 11.8 Å². The first-order valence-corrected chi connectivity index (χ1v) is 12.1. The molecule has 3 heterocycles. The first kappa shape index (κ1) is 22.1. The van der Waals surface area contributed by atoms with Crippen molar-refractivity contribution in [3.8, 4) is 11.4 Å². The standard InChI is InChI=1S/C24H25N7O2S/c1-17-20(22(32)31(28(17)2)19-13-7-4-8-14-19)30-24(25-26-27-30)34-21(18-11-5-3-6-12-18)23(33)29-15-9-10-16-29/h3-8,11-14,21H,9-10,15-16H2,1-2H3/t21-/m1/s1. The molecule has 5 rings (SSSR count). The van der Waals surface area contributed by atoms with Crippen molar-refractivity contribution in [1.29, 1.82) is 0 Å². The molecule has 1 atom stereocenters. The van der Waals surface area contributed by atoms with Gasteiger partial charge in [-0.1, -0.05) is 60.3 Å².